The van der Waals surface area contributed by atoms with Crippen molar-refractivity contribution >= 4 is 34.9 Å². The number of halogens is 3. The van der Waals surface area contributed by atoms with Crippen molar-refractivity contribution < 1.29 is 23.0 Å². The molecule has 2 rings (SSSR count). The summed E-state index contributed by atoms with van der Waals surface area (Å²) >= 11 is 7.26. The molecule has 0 spiro atoms. The minimum absolute atomic E-state index is 0.114. The molecule has 0 saturated heterocycles. The summed E-state index contributed by atoms with van der Waals surface area (Å²) in [5, 5.41) is 0. The maximum atomic E-state index is 12.6. The molecule has 1 aromatic heterocycles. The number of carbonyl (C=O) groups is 1. The van der Waals surface area contributed by atoms with E-state index in [0.717, 1.165) is 4.88 Å². The van der Waals surface area contributed by atoms with E-state index in [4.69, 9.17) is 16.3 Å². The summed E-state index contributed by atoms with van der Waals surface area (Å²) in [5.74, 6) is -0.233. The van der Waals surface area contributed by atoms with Gasteiger partial charge in [0.2, 0.25) is 5.91 Å². The van der Waals surface area contributed by atoms with Gasteiger partial charge in [0.25, 0.3) is 0 Å². The molecule has 0 aliphatic heterocycles. The highest BCUT2D eigenvalue weighted by Crippen LogP contribution is 2.33. The third-order valence-corrected chi connectivity index (χ3v) is 4.46. The fraction of sp³-hybridized carbons (Fsp3) is 0.235. The first-order valence-corrected chi connectivity index (χ1v) is 8.39. The number of methoxy groups -OCH3 is 1. The van der Waals surface area contributed by atoms with E-state index in [2.05, 4.69) is 4.74 Å². The Balaban J connectivity index is 2.13. The smallest absolute Gasteiger partial charge is 0.387 e. The maximum Gasteiger partial charge on any atom is 0.387 e. The van der Waals surface area contributed by atoms with E-state index < -0.39 is 6.61 Å². The summed E-state index contributed by atoms with van der Waals surface area (Å²) < 4.78 is 35.4. The van der Waals surface area contributed by atoms with Crippen molar-refractivity contribution in [2.45, 2.75) is 13.2 Å². The third-order valence-electron chi connectivity index (χ3n) is 3.24. The van der Waals surface area contributed by atoms with Crippen molar-refractivity contribution in [3.8, 4) is 11.5 Å². The topological polar surface area (TPSA) is 38.8 Å². The lowest BCUT2D eigenvalue weighted by Gasteiger charge is -2.14. The highest BCUT2D eigenvalue weighted by Gasteiger charge is 2.14. The Bertz CT molecular complexity index is 764. The molecular weight excluding hydrogens is 372 g/mol. The van der Waals surface area contributed by atoms with Crippen LogP contribution in [0.4, 0.5) is 8.78 Å². The first kappa shape index (κ1) is 19.2. The zero-order valence-electron chi connectivity index (χ0n) is 13.5. The zero-order chi connectivity index (χ0) is 18.4. The minimum Gasteiger partial charge on any atom is -0.493 e. The zero-order valence-corrected chi connectivity index (χ0v) is 15.1. The Morgan fingerprint density at radius 1 is 1.36 bits per heavy atom. The summed E-state index contributed by atoms with van der Waals surface area (Å²) in [6, 6.07) is 8.29. The monoisotopic (exact) mass is 387 g/mol. The fourth-order valence-corrected chi connectivity index (χ4v) is 3.22. The number of rotatable bonds is 7. The van der Waals surface area contributed by atoms with Gasteiger partial charge in [-0.25, -0.2) is 0 Å². The van der Waals surface area contributed by atoms with E-state index in [9.17, 15) is 13.6 Å². The molecule has 0 aliphatic carbocycles. The number of hydrogen-bond acceptors (Lipinski definition) is 4. The van der Waals surface area contributed by atoms with Crippen LogP contribution in [0.25, 0.3) is 6.08 Å². The van der Waals surface area contributed by atoms with Crippen LogP contribution in [-0.2, 0) is 11.3 Å². The minimum atomic E-state index is -2.99. The van der Waals surface area contributed by atoms with Gasteiger partial charge >= 0.3 is 6.61 Å². The Labute approximate surface area is 153 Å². The van der Waals surface area contributed by atoms with Crippen LogP contribution in [0.15, 0.2) is 36.4 Å². The van der Waals surface area contributed by atoms with Gasteiger partial charge in [0.15, 0.2) is 11.5 Å². The molecule has 8 heteroatoms. The SMILES string of the molecule is COc1cccc(C=CC(=O)N(C)Cc2ccc(Cl)s2)c1OC(F)F. The molecule has 25 heavy (non-hydrogen) atoms. The molecule has 0 aliphatic rings. The normalized spacial score (nSPS) is 11.1. The number of hydrogen-bond donors (Lipinski definition) is 0. The Kier molecular flexibility index (Phi) is 6.78. The number of para-hydroxylation sites is 1. The first-order chi connectivity index (χ1) is 11.9. The van der Waals surface area contributed by atoms with E-state index in [1.807, 2.05) is 6.07 Å². The van der Waals surface area contributed by atoms with Gasteiger partial charge < -0.3 is 14.4 Å². The second-order valence-electron chi connectivity index (χ2n) is 4.99. The number of likely N-dealkylation sites (N-methyl/N-ethyl adjacent to an activating group) is 1. The molecule has 0 saturated carbocycles. The van der Waals surface area contributed by atoms with E-state index in [0.29, 0.717) is 16.4 Å². The largest absolute Gasteiger partial charge is 0.493 e. The number of benzene rings is 1. The second-order valence-corrected chi connectivity index (χ2v) is 6.79. The average molecular weight is 388 g/mol. The van der Waals surface area contributed by atoms with Crippen molar-refractivity contribution in [3.63, 3.8) is 0 Å². The molecule has 0 fully saturated rings. The number of ether oxygens (including phenoxy) is 2. The number of thiophene rings is 1. The van der Waals surface area contributed by atoms with E-state index in [1.165, 1.54) is 41.6 Å². The van der Waals surface area contributed by atoms with E-state index in [-0.39, 0.29) is 17.4 Å². The predicted molar refractivity (Wildman–Crippen MR) is 94.5 cm³/mol. The van der Waals surface area contributed by atoms with Crippen molar-refractivity contribution in [2.24, 2.45) is 0 Å². The highest BCUT2D eigenvalue weighted by molar-refractivity contribution is 7.16. The maximum absolute atomic E-state index is 12.6. The summed E-state index contributed by atoms with van der Waals surface area (Å²) in [6.45, 7) is -2.59. The summed E-state index contributed by atoms with van der Waals surface area (Å²) in [7, 11) is 2.99. The molecular formula is C17H16ClF2NO3S. The van der Waals surface area contributed by atoms with Gasteiger partial charge in [-0.2, -0.15) is 8.78 Å². The number of nitrogens with zero attached hydrogens (tertiary/aromatic N) is 1. The van der Waals surface area contributed by atoms with Crippen LogP contribution < -0.4 is 9.47 Å². The first-order valence-electron chi connectivity index (χ1n) is 7.20. The van der Waals surface area contributed by atoms with Crippen molar-refractivity contribution in [1.29, 1.82) is 0 Å². The molecule has 0 radical (unpaired) electrons. The van der Waals surface area contributed by atoms with Gasteiger partial charge in [0.05, 0.1) is 18.0 Å². The molecule has 1 aromatic carbocycles. The molecule has 0 atom stereocenters. The second kappa shape index (κ2) is 8.82. The van der Waals surface area contributed by atoms with Crippen LogP contribution >= 0.6 is 22.9 Å². The highest BCUT2D eigenvalue weighted by atomic mass is 35.5. The Hall–Kier alpha value is -2.12. The number of carbonyl (C=O) groups excluding carboxylic acids is 1. The van der Waals surface area contributed by atoms with Crippen LogP contribution in [0.1, 0.15) is 10.4 Å². The lowest BCUT2D eigenvalue weighted by molar-refractivity contribution is -0.125. The van der Waals surface area contributed by atoms with Gasteiger partial charge in [-0.05, 0) is 24.3 Å². The van der Waals surface area contributed by atoms with E-state index >= 15 is 0 Å². The summed E-state index contributed by atoms with van der Waals surface area (Å²) in [4.78, 5) is 14.6. The summed E-state index contributed by atoms with van der Waals surface area (Å²) in [6.07, 6.45) is 2.71. The van der Waals surface area contributed by atoms with Gasteiger partial charge in [-0.1, -0.05) is 23.7 Å². The molecule has 134 valence electrons. The van der Waals surface area contributed by atoms with Crippen molar-refractivity contribution in [2.75, 3.05) is 14.2 Å². The molecule has 2 aromatic rings. The molecule has 0 unspecified atom stereocenters. The molecule has 1 amide bonds. The summed E-state index contributed by atoms with van der Waals surface area (Å²) in [5.41, 5.74) is 0.320. The fourth-order valence-electron chi connectivity index (χ4n) is 2.08. The number of amides is 1. The van der Waals surface area contributed by atoms with Crippen LogP contribution in [0.5, 0.6) is 11.5 Å². The third kappa shape index (κ3) is 5.44. The van der Waals surface area contributed by atoms with Crippen molar-refractivity contribution in [3.05, 3.63) is 51.2 Å². The number of alkyl halides is 2. The van der Waals surface area contributed by atoms with Crippen molar-refractivity contribution in [1.82, 2.24) is 4.90 Å². The van der Waals surface area contributed by atoms with Crippen LogP contribution in [0.2, 0.25) is 4.34 Å². The van der Waals surface area contributed by atoms with Crippen LogP contribution in [-0.4, -0.2) is 31.6 Å². The Morgan fingerprint density at radius 3 is 2.72 bits per heavy atom. The lowest BCUT2D eigenvalue weighted by Crippen LogP contribution is -2.23. The van der Waals surface area contributed by atoms with Gasteiger partial charge in [-0.15, -0.1) is 11.3 Å². The lowest BCUT2D eigenvalue weighted by atomic mass is 10.1. The van der Waals surface area contributed by atoms with Gasteiger partial charge in [-0.3, -0.25) is 4.79 Å². The van der Waals surface area contributed by atoms with Crippen LogP contribution in [0.3, 0.4) is 0 Å². The molecule has 1 heterocycles. The van der Waals surface area contributed by atoms with Crippen LogP contribution in [0, 0.1) is 0 Å². The van der Waals surface area contributed by atoms with Gasteiger partial charge in [0.1, 0.15) is 0 Å². The average Bonchev–Trinajstić information content (AvgIpc) is 2.97. The standard InChI is InChI=1S/C17H16ClF2NO3S/c1-21(10-12-7-8-14(18)25-12)15(22)9-6-11-4-3-5-13(23-2)16(11)24-17(19)20/h3-9,17H,10H2,1-2H3. The van der Waals surface area contributed by atoms with Gasteiger partial charge in [0, 0.05) is 23.6 Å². The predicted octanol–water partition coefficient (Wildman–Crippen LogP) is 4.68. The molecule has 0 bridgehead atoms. The quantitative estimate of drug-likeness (QED) is 0.647. The molecule has 4 nitrogen and oxygen atoms in total. The molecule has 0 N–H and O–H groups in total. The Morgan fingerprint density at radius 2 is 2.12 bits per heavy atom. The van der Waals surface area contributed by atoms with E-state index in [1.54, 1.807) is 25.2 Å².